The highest BCUT2D eigenvalue weighted by Crippen LogP contribution is 2.47. The Morgan fingerprint density at radius 2 is 2.00 bits per heavy atom. The molecule has 1 aliphatic carbocycles. The van der Waals surface area contributed by atoms with Gasteiger partial charge < -0.3 is 4.79 Å². The monoisotopic (exact) mass is 246 g/mol. The second-order valence-electron chi connectivity index (χ2n) is 3.85. The topological polar surface area (TPSA) is 17.1 Å². The van der Waals surface area contributed by atoms with Gasteiger partial charge in [0.2, 0.25) is 0 Å². The standard InChI is InChI=1S/C11H9F3OS/c12-11(13,14)16-9-3-1-2-8(6-9)10(7-15)4-5-10/h1-3,6-7H,4-5H2. The summed E-state index contributed by atoms with van der Waals surface area (Å²) >= 11 is -0.147. The molecule has 0 saturated heterocycles. The van der Waals surface area contributed by atoms with Gasteiger partial charge >= 0.3 is 5.51 Å². The third-order valence-electron chi connectivity index (χ3n) is 2.66. The Labute approximate surface area is 95.0 Å². The van der Waals surface area contributed by atoms with Crippen LogP contribution in [0.25, 0.3) is 0 Å². The quantitative estimate of drug-likeness (QED) is 0.599. The Kier molecular flexibility index (Phi) is 2.74. The number of aldehydes is 1. The summed E-state index contributed by atoms with van der Waals surface area (Å²) in [6.45, 7) is 0. The van der Waals surface area contributed by atoms with Crippen LogP contribution in [0.4, 0.5) is 13.2 Å². The van der Waals surface area contributed by atoms with Crippen molar-refractivity contribution in [3.63, 3.8) is 0 Å². The minimum Gasteiger partial charge on any atom is -0.302 e. The molecule has 5 heteroatoms. The molecule has 0 spiro atoms. The first kappa shape index (κ1) is 11.5. The zero-order valence-electron chi connectivity index (χ0n) is 8.25. The first-order chi connectivity index (χ1) is 7.45. The molecule has 16 heavy (non-hydrogen) atoms. The third kappa shape index (κ3) is 2.40. The highest BCUT2D eigenvalue weighted by Gasteiger charge is 2.44. The fourth-order valence-corrected chi connectivity index (χ4v) is 2.21. The van der Waals surface area contributed by atoms with Crippen molar-refractivity contribution in [2.24, 2.45) is 0 Å². The van der Waals surface area contributed by atoms with Crippen LogP contribution in [0.2, 0.25) is 0 Å². The predicted molar refractivity (Wildman–Crippen MR) is 55.3 cm³/mol. The number of carbonyl (C=O) groups excluding carboxylic acids is 1. The van der Waals surface area contributed by atoms with Crippen LogP contribution in [0, 0.1) is 0 Å². The molecule has 1 aliphatic rings. The SMILES string of the molecule is O=CC1(c2cccc(SC(F)(F)F)c2)CC1. The van der Waals surface area contributed by atoms with E-state index >= 15 is 0 Å². The Balaban J connectivity index is 2.24. The number of hydrogen-bond acceptors (Lipinski definition) is 2. The lowest BCUT2D eigenvalue weighted by Gasteiger charge is -2.10. The number of thioether (sulfide) groups is 1. The number of alkyl halides is 3. The van der Waals surface area contributed by atoms with Crippen molar-refractivity contribution < 1.29 is 18.0 Å². The van der Waals surface area contributed by atoms with Gasteiger partial charge in [0.15, 0.2) is 0 Å². The number of benzene rings is 1. The normalized spacial score (nSPS) is 18.2. The second-order valence-corrected chi connectivity index (χ2v) is 4.99. The molecule has 0 atom stereocenters. The molecule has 0 amide bonds. The molecule has 1 fully saturated rings. The van der Waals surface area contributed by atoms with E-state index in [1.165, 1.54) is 12.1 Å². The molecule has 1 saturated carbocycles. The zero-order chi connectivity index (χ0) is 11.8. The van der Waals surface area contributed by atoms with Crippen LogP contribution in [-0.4, -0.2) is 11.8 Å². The van der Waals surface area contributed by atoms with Gasteiger partial charge in [0.05, 0.1) is 5.41 Å². The Hall–Kier alpha value is -0.970. The summed E-state index contributed by atoms with van der Waals surface area (Å²) in [7, 11) is 0. The molecule has 1 nitrogen and oxygen atoms in total. The number of hydrogen-bond donors (Lipinski definition) is 0. The van der Waals surface area contributed by atoms with Crippen molar-refractivity contribution in [2.75, 3.05) is 0 Å². The van der Waals surface area contributed by atoms with Gasteiger partial charge in [0.25, 0.3) is 0 Å². The Morgan fingerprint density at radius 1 is 1.31 bits per heavy atom. The van der Waals surface area contributed by atoms with Crippen molar-refractivity contribution in [3.8, 4) is 0 Å². The molecule has 2 rings (SSSR count). The molecule has 1 aromatic carbocycles. The predicted octanol–water partition coefficient (Wildman–Crippen LogP) is 3.53. The van der Waals surface area contributed by atoms with Crippen LogP contribution in [-0.2, 0) is 10.2 Å². The van der Waals surface area contributed by atoms with Crippen LogP contribution < -0.4 is 0 Å². The van der Waals surface area contributed by atoms with E-state index in [4.69, 9.17) is 0 Å². The second kappa shape index (κ2) is 3.80. The average molecular weight is 246 g/mol. The van der Waals surface area contributed by atoms with E-state index in [1.807, 2.05) is 0 Å². The summed E-state index contributed by atoms with van der Waals surface area (Å²) in [6, 6.07) is 6.14. The molecule has 0 unspecified atom stereocenters. The van der Waals surface area contributed by atoms with Crippen LogP contribution in [0.5, 0.6) is 0 Å². The van der Waals surface area contributed by atoms with Crippen molar-refractivity contribution in [3.05, 3.63) is 29.8 Å². The Bertz CT molecular complexity index is 410. The molecule has 1 aromatic rings. The van der Waals surface area contributed by atoms with Crippen LogP contribution >= 0.6 is 11.8 Å². The van der Waals surface area contributed by atoms with E-state index in [0.717, 1.165) is 19.1 Å². The molecule has 86 valence electrons. The molecule has 0 radical (unpaired) electrons. The van der Waals surface area contributed by atoms with Gasteiger partial charge in [-0.25, -0.2) is 0 Å². The largest absolute Gasteiger partial charge is 0.446 e. The van der Waals surface area contributed by atoms with Crippen molar-refractivity contribution in [2.45, 2.75) is 28.7 Å². The molecule has 0 aromatic heterocycles. The summed E-state index contributed by atoms with van der Waals surface area (Å²) in [4.78, 5) is 11.0. The van der Waals surface area contributed by atoms with Gasteiger partial charge in [-0.1, -0.05) is 12.1 Å². The maximum absolute atomic E-state index is 12.2. The molecular formula is C11H9F3OS. The maximum Gasteiger partial charge on any atom is 0.446 e. The van der Waals surface area contributed by atoms with E-state index in [9.17, 15) is 18.0 Å². The third-order valence-corrected chi connectivity index (χ3v) is 3.38. The number of rotatable bonds is 3. The van der Waals surface area contributed by atoms with E-state index in [1.54, 1.807) is 12.1 Å². The lowest BCUT2D eigenvalue weighted by atomic mass is 9.98. The summed E-state index contributed by atoms with van der Waals surface area (Å²) in [5.74, 6) is 0. The number of carbonyl (C=O) groups is 1. The first-order valence-electron chi connectivity index (χ1n) is 4.78. The highest BCUT2D eigenvalue weighted by molar-refractivity contribution is 8.00. The van der Waals surface area contributed by atoms with Crippen molar-refractivity contribution in [1.29, 1.82) is 0 Å². The van der Waals surface area contributed by atoms with Gasteiger partial charge in [-0.15, -0.1) is 0 Å². The first-order valence-corrected chi connectivity index (χ1v) is 5.59. The van der Waals surface area contributed by atoms with E-state index < -0.39 is 10.9 Å². The van der Waals surface area contributed by atoms with E-state index in [-0.39, 0.29) is 16.7 Å². The highest BCUT2D eigenvalue weighted by atomic mass is 32.2. The fraction of sp³-hybridized carbons (Fsp3) is 0.364. The molecule has 0 heterocycles. The zero-order valence-corrected chi connectivity index (χ0v) is 9.07. The van der Waals surface area contributed by atoms with Gasteiger partial charge in [0, 0.05) is 4.90 Å². The molecular weight excluding hydrogens is 237 g/mol. The van der Waals surface area contributed by atoms with Crippen molar-refractivity contribution in [1.82, 2.24) is 0 Å². The smallest absolute Gasteiger partial charge is 0.302 e. The summed E-state index contributed by atoms with van der Waals surface area (Å²) < 4.78 is 36.5. The summed E-state index contributed by atoms with van der Waals surface area (Å²) in [5.41, 5.74) is -4.10. The molecule has 0 aliphatic heterocycles. The van der Waals surface area contributed by atoms with Gasteiger partial charge in [-0.2, -0.15) is 13.2 Å². The van der Waals surface area contributed by atoms with Crippen LogP contribution in [0.3, 0.4) is 0 Å². The van der Waals surface area contributed by atoms with E-state index in [2.05, 4.69) is 0 Å². The van der Waals surface area contributed by atoms with Crippen LogP contribution in [0.1, 0.15) is 18.4 Å². The van der Waals surface area contributed by atoms with Gasteiger partial charge in [-0.3, -0.25) is 0 Å². The minimum absolute atomic E-state index is 0.137. The lowest BCUT2D eigenvalue weighted by molar-refractivity contribution is -0.109. The van der Waals surface area contributed by atoms with E-state index in [0.29, 0.717) is 5.56 Å². The average Bonchev–Trinajstić information content (AvgIpc) is 2.96. The Morgan fingerprint density at radius 3 is 2.50 bits per heavy atom. The lowest BCUT2D eigenvalue weighted by Crippen LogP contribution is -2.08. The molecule has 0 bridgehead atoms. The van der Waals surface area contributed by atoms with Crippen LogP contribution in [0.15, 0.2) is 29.2 Å². The maximum atomic E-state index is 12.2. The van der Waals surface area contributed by atoms with Crippen molar-refractivity contribution >= 4 is 18.0 Å². The molecule has 0 N–H and O–H groups in total. The van der Waals surface area contributed by atoms with Gasteiger partial charge in [0.1, 0.15) is 6.29 Å². The summed E-state index contributed by atoms with van der Waals surface area (Å²) in [6.07, 6.45) is 2.30. The fourth-order valence-electron chi connectivity index (χ4n) is 1.61. The minimum atomic E-state index is -4.28. The van der Waals surface area contributed by atoms with Gasteiger partial charge in [-0.05, 0) is 42.3 Å². The summed E-state index contributed by atoms with van der Waals surface area (Å²) in [5, 5.41) is 0. The number of halogens is 3.